The maximum absolute atomic E-state index is 6.08. The second-order valence-corrected chi connectivity index (χ2v) is 6.45. The van der Waals surface area contributed by atoms with E-state index in [0.717, 1.165) is 21.3 Å². The summed E-state index contributed by atoms with van der Waals surface area (Å²) < 4.78 is 12.9. The van der Waals surface area contributed by atoms with E-state index in [1.54, 1.807) is 12.3 Å². The number of hydrogen-bond acceptors (Lipinski definition) is 5. The van der Waals surface area contributed by atoms with E-state index in [4.69, 9.17) is 26.8 Å². The molecule has 2 aliphatic rings. The SMILES string of the molecule is NC1=NCC[C@]2(O1)c1cc(Br)ccc1Oc1cnc(Cl)cc12. The molecule has 0 unspecified atom stereocenters. The number of hydrogen-bond donors (Lipinski definition) is 1. The highest BCUT2D eigenvalue weighted by molar-refractivity contribution is 9.10. The molecule has 1 aromatic heterocycles. The maximum Gasteiger partial charge on any atom is 0.283 e. The third-order valence-corrected chi connectivity index (χ3v) is 4.58. The third kappa shape index (κ3) is 1.98. The number of aromatic nitrogens is 1. The first-order chi connectivity index (χ1) is 10.6. The van der Waals surface area contributed by atoms with Gasteiger partial charge in [-0.25, -0.2) is 9.98 Å². The summed E-state index contributed by atoms with van der Waals surface area (Å²) in [6.07, 6.45) is 2.25. The Labute approximate surface area is 140 Å². The summed E-state index contributed by atoms with van der Waals surface area (Å²) in [5.41, 5.74) is 6.81. The standard InChI is InChI=1S/C15H11BrClN3O2/c16-8-1-2-11-9(5-8)15(3-4-19-14(18)22-15)10-6-13(17)20-7-12(10)21-11/h1-2,5-7H,3-4H2,(H2,18,19)/t15-/m0/s1. The van der Waals surface area contributed by atoms with Crippen molar-refractivity contribution in [3.8, 4) is 11.5 Å². The van der Waals surface area contributed by atoms with Crippen molar-refractivity contribution in [2.75, 3.05) is 6.54 Å². The summed E-state index contributed by atoms with van der Waals surface area (Å²) in [5, 5.41) is 0.379. The van der Waals surface area contributed by atoms with Crippen LogP contribution in [-0.2, 0) is 10.3 Å². The van der Waals surface area contributed by atoms with Crippen molar-refractivity contribution < 1.29 is 9.47 Å². The summed E-state index contributed by atoms with van der Waals surface area (Å²) in [7, 11) is 0. The number of benzene rings is 1. The lowest BCUT2D eigenvalue weighted by atomic mass is 9.80. The Bertz CT molecular complexity index is 758. The number of ether oxygens (including phenoxy) is 2. The third-order valence-electron chi connectivity index (χ3n) is 3.88. The lowest BCUT2D eigenvalue weighted by molar-refractivity contribution is 0.0634. The van der Waals surface area contributed by atoms with Crippen LogP contribution in [-0.4, -0.2) is 17.6 Å². The average Bonchev–Trinajstić information content (AvgIpc) is 2.49. The van der Waals surface area contributed by atoms with Gasteiger partial charge in [0.15, 0.2) is 11.4 Å². The van der Waals surface area contributed by atoms with Crippen molar-refractivity contribution in [2.24, 2.45) is 10.7 Å². The van der Waals surface area contributed by atoms with Crippen LogP contribution in [0.2, 0.25) is 5.15 Å². The lowest BCUT2D eigenvalue weighted by Gasteiger charge is -2.41. The first kappa shape index (κ1) is 13.8. The van der Waals surface area contributed by atoms with E-state index in [9.17, 15) is 0 Å². The molecule has 0 aliphatic carbocycles. The zero-order chi connectivity index (χ0) is 15.3. The van der Waals surface area contributed by atoms with Crippen LogP contribution in [0.4, 0.5) is 0 Å². The maximum atomic E-state index is 6.08. The number of halogens is 2. The van der Waals surface area contributed by atoms with E-state index in [-0.39, 0.29) is 6.02 Å². The highest BCUT2D eigenvalue weighted by Crippen LogP contribution is 2.52. The molecule has 112 valence electrons. The number of fused-ring (bicyclic) bond motifs is 4. The van der Waals surface area contributed by atoms with Gasteiger partial charge in [0, 0.05) is 28.6 Å². The van der Waals surface area contributed by atoms with Crippen LogP contribution in [0.15, 0.2) is 39.9 Å². The molecule has 2 N–H and O–H groups in total. The Kier molecular flexibility index (Phi) is 3.06. The first-order valence-electron chi connectivity index (χ1n) is 6.71. The normalized spacial score (nSPS) is 22.2. The predicted molar refractivity (Wildman–Crippen MR) is 86.4 cm³/mol. The van der Waals surface area contributed by atoms with Gasteiger partial charge in [-0.05, 0) is 24.3 Å². The van der Waals surface area contributed by atoms with Crippen molar-refractivity contribution in [3.05, 3.63) is 51.2 Å². The van der Waals surface area contributed by atoms with Crippen molar-refractivity contribution >= 4 is 33.6 Å². The van der Waals surface area contributed by atoms with Crippen LogP contribution in [0.3, 0.4) is 0 Å². The molecule has 5 nitrogen and oxygen atoms in total. The zero-order valence-corrected chi connectivity index (χ0v) is 13.7. The van der Waals surface area contributed by atoms with Gasteiger partial charge in [-0.15, -0.1) is 0 Å². The van der Waals surface area contributed by atoms with Crippen molar-refractivity contribution in [1.82, 2.24) is 4.98 Å². The Balaban J connectivity index is 2.01. The van der Waals surface area contributed by atoms with Crippen LogP contribution in [0.1, 0.15) is 17.5 Å². The molecule has 0 fully saturated rings. The molecule has 0 radical (unpaired) electrons. The van der Waals surface area contributed by atoms with E-state index in [2.05, 4.69) is 25.9 Å². The fourth-order valence-corrected chi connectivity index (χ4v) is 3.47. The van der Waals surface area contributed by atoms with E-state index in [1.807, 2.05) is 18.2 Å². The molecule has 0 saturated heterocycles. The van der Waals surface area contributed by atoms with Gasteiger partial charge in [0.1, 0.15) is 10.9 Å². The van der Waals surface area contributed by atoms with Crippen LogP contribution in [0, 0.1) is 0 Å². The first-order valence-corrected chi connectivity index (χ1v) is 7.88. The van der Waals surface area contributed by atoms with Gasteiger partial charge in [0.05, 0.1) is 6.20 Å². The fourth-order valence-electron chi connectivity index (χ4n) is 2.95. The topological polar surface area (TPSA) is 69.7 Å². The summed E-state index contributed by atoms with van der Waals surface area (Å²) in [6.45, 7) is 0.567. The van der Waals surface area contributed by atoms with E-state index in [1.165, 1.54) is 0 Å². The quantitative estimate of drug-likeness (QED) is 0.709. The van der Waals surface area contributed by atoms with Gasteiger partial charge < -0.3 is 15.2 Å². The Morgan fingerprint density at radius 1 is 1.23 bits per heavy atom. The summed E-state index contributed by atoms with van der Waals surface area (Å²) in [4.78, 5) is 8.24. The number of aliphatic imine (C=N–C) groups is 1. The Hall–Kier alpha value is -1.79. The monoisotopic (exact) mass is 379 g/mol. The molecular weight excluding hydrogens is 370 g/mol. The average molecular weight is 381 g/mol. The molecule has 0 amide bonds. The molecule has 1 atom stereocenters. The van der Waals surface area contributed by atoms with Crippen LogP contribution in [0.25, 0.3) is 0 Å². The molecule has 2 aromatic rings. The molecule has 0 bridgehead atoms. The van der Waals surface area contributed by atoms with Gasteiger partial charge in [0.25, 0.3) is 6.02 Å². The highest BCUT2D eigenvalue weighted by atomic mass is 79.9. The van der Waals surface area contributed by atoms with Crippen molar-refractivity contribution in [1.29, 1.82) is 0 Å². The van der Waals surface area contributed by atoms with Gasteiger partial charge in [-0.1, -0.05) is 27.5 Å². The van der Waals surface area contributed by atoms with Gasteiger partial charge in [-0.2, -0.15) is 0 Å². The minimum atomic E-state index is -0.759. The predicted octanol–water partition coefficient (Wildman–Crippen LogP) is 3.58. The lowest BCUT2D eigenvalue weighted by Crippen LogP contribution is -2.42. The number of rotatable bonds is 0. The van der Waals surface area contributed by atoms with Gasteiger partial charge in [0.2, 0.25) is 0 Å². The van der Waals surface area contributed by atoms with Crippen LogP contribution < -0.4 is 10.5 Å². The molecular formula is C15H11BrClN3O2. The van der Waals surface area contributed by atoms with Crippen LogP contribution in [0.5, 0.6) is 11.5 Å². The summed E-state index contributed by atoms with van der Waals surface area (Å²) in [6, 6.07) is 7.72. The van der Waals surface area contributed by atoms with Crippen molar-refractivity contribution in [2.45, 2.75) is 12.0 Å². The highest BCUT2D eigenvalue weighted by Gasteiger charge is 2.46. The minimum absolute atomic E-state index is 0.165. The largest absolute Gasteiger partial charge is 0.455 e. The van der Waals surface area contributed by atoms with Gasteiger partial charge >= 0.3 is 0 Å². The summed E-state index contributed by atoms with van der Waals surface area (Å²) >= 11 is 9.58. The minimum Gasteiger partial charge on any atom is -0.455 e. The second-order valence-electron chi connectivity index (χ2n) is 5.14. The molecule has 0 saturated carbocycles. The molecule has 4 rings (SSSR count). The number of pyridine rings is 1. The van der Waals surface area contributed by atoms with E-state index in [0.29, 0.717) is 23.9 Å². The molecule has 7 heteroatoms. The van der Waals surface area contributed by atoms with Crippen LogP contribution >= 0.6 is 27.5 Å². The molecule has 22 heavy (non-hydrogen) atoms. The summed E-state index contributed by atoms with van der Waals surface area (Å²) in [5.74, 6) is 1.34. The fraction of sp³-hybridized carbons (Fsp3) is 0.200. The number of nitrogens with zero attached hydrogens (tertiary/aromatic N) is 2. The molecule has 2 aliphatic heterocycles. The van der Waals surface area contributed by atoms with Crippen molar-refractivity contribution in [3.63, 3.8) is 0 Å². The smallest absolute Gasteiger partial charge is 0.283 e. The molecule has 1 spiro atoms. The second kappa shape index (κ2) is 4.86. The van der Waals surface area contributed by atoms with Gasteiger partial charge in [-0.3, -0.25) is 0 Å². The Morgan fingerprint density at radius 2 is 2.05 bits per heavy atom. The Morgan fingerprint density at radius 3 is 2.86 bits per heavy atom. The zero-order valence-electron chi connectivity index (χ0n) is 11.3. The van der Waals surface area contributed by atoms with E-state index >= 15 is 0 Å². The number of nitrogens with two attached hydrogens (primary N) is 1. The number of amidine groups is 1. The molecule has 1 aromatic carbocycles. The van der Waals surface area contributed by atoms with E-state index < -0.39 is 5.60 Å². The molecule has 3 heterocycles.